The SMILES string of the molecule is Cc1ccccc1Oc1cc(F)cc(F)c1NC(=O)N(C)CC1=CCCOC1. The van der Waals surface area contributed by atoms with Gasteiger partial charge < -0.3 is 19.7 Å². The van der Waals surface area contributed by atoms with Gasteiger partial charge in [0.2, 0.25) is 0 Å². The van der Waals surface area contributed by atoms with E-state index in [0.717, 1.165) is 23.6 Å². The Morgan fingerprint density at radius 1 is 1.25 bits per heavy atom. The van der Waals surface area contributed by atoms with Crippen molar-refractivity contribution in [3.63, 3.8) is 0 Å². The maximum absolute atomic E-state index is 14.4. The average molecular weight is 388 g/mol. The Morgan fingerprint density at radius 3 is 2.75 bits per heavy atom. The molecule has 2 aromatic carbocycles. The predicted octanol–water partition coefficient (Wildman–Crippen LogP) is 4.88. The summed E-state index contributed by atoms with van der Waals surface area (Å²) in [7, 11) is 1.59. The summed E-state index contributed by atoms with van der Waals surface area (Å²) in [6.07, 6.45) is 2.82. The number of anilines is 1. The Morgan fingerprint density at radius 2 is 2.04 bits per heavy atom. The summed E-state index contributed by atoms with van der Waals surface area (Å²) < 4.78 is 39.2. The van der Waals surface area contributed by atoms with Crippen molar-refractivity contribution in [1.82, 2.24) is 4.90 Å². The third-order valence-electron chi connectivity index (χ3n) is 4.33. The molecule has 3 rings (SSSR count). The van der Waals surface area contributed by atoms with Gasteiger partial charge in [-0.2, -0.15) is 0 Å². The summed E-state index contributed by atoms with van der Waals surface area (Å²) in [5, 5.41) is 2.49. The van der Waals surface area contributed by atoms with Crippen molar-refractivity contribution in [3.8, 4) is 11.5 Å². The Hall–Kier alpha value is -2.93. The molecule has 2 aromatic rings. The van der Waals surface area contributed by atoms with Crippen LogP contribution in [0.3, 0.4) is 0 Å². The smallest absolute Gasteiger partial charge is 0.322 e. The molecule has 0 spiro atoms. The number of hydrogen-bond donors (Lipinski definition) is 1. The van der Waals surface area contributed by atoms with Crippen molar-refractivity contribution in [2.45, 2.75) is 13.3 Å². The Kier molecular flexibility index (Phi) is 6.26. The summed E-state index contributed by atoms with van der Waals surface area (Å²) in [5.74, 6) is -1.36. The molecule has 28 heavy (non-hydrogen) atoms. The molecule has 0 atom stereocenters. The van der Waals surface area contributed by atoms with Crippen LogP contribution < -0.4 is 10.1 Å². The minimum Gasteiger partial charge on any atom is -0.455 e. The molecule has 0 saturated carbocycles. The number of carbonyl (C=O) groups excluding carboxylic acids is 1. The summed E-state index contributed by atoms with van der Waals surface area (Å²) in [5.41, 5.74) is 1.56. The molecular weight excluding hydrogens is 366 g/mol. The highest BCUT2D eigenvalue weighted by molar-refractivity contribution is 5.91. The normalized spacial score (nSPS) is 13.6. The highest BCUT2D eigenvalue weighted by Crippen LogP contribution is 2.34. The standard InChI is InChI=1S/C21H22F2N2O3/c1-14-6-3-4-8-18(14)28-19-11-16(22)10-17(23)20(19)24-21(26)25(2)12-15-7-5-9-27-13-15/h3-4,6-8,10-11H,5,9,12-13H2,1-2H3,(H,24,26). The number of nitrogens with one attached hydrogen (secondary N) is 1. The zero-order chi connectivity index (χ0) is 20.1. The Balaban J connectivity index is 1.79. The molecule has 2 amide bonds. The first kappa shape index (κ1) is 19.8. The lowest BCUT2D eigenvalue weighted by Gasteiger charge is -2.22. The van der Waals surface area contributed by atoms with Crippen molar-refractivity contribution >= 4 is 11.7 Å². The molecule has 0 saturated heterocycles. The molecule has 1 N–H and O–H groups in total. The summed E-state index contributed by atoms with van der Waals surface area (Å²) >= 11 is 0. The van der Waals surface area contributed by atoms with E-state index in [-0.39, 0.29) is 11.4 Å². The quantitative estimate of drug-likeness (QED) is 0.743. The Labute approximate surface area is 162 Å². The van der Waals surface area contributed by atoms with E-state index >= 15 is 0 Å². The number of rotatable bonds is 5. The number of urea groups is 1. The predicted molar refractivity (Wildman–Crippen MR) is 103 cm³/mol. The van der Waals surface area contributed by atoms with Crippen LogP contribution >= 0.6 is 0 Å². The average Bonchev–Trinajstić information content (AvgIpc) is 2.67. The van der Waals surface area contributed by atoms with Crippen LogP contribution in [0.1, 0.15) is 12.0 Å². The van der Waals surface area contributed by atoms with Crippen LogP contribution in [0.4, 0.5) is 19.3 Å². The first-order chi connectivity index (χ1) is 13.4. The number of amides is 2. The lowest BCUT2D eigenvalue weighted by Crippen LogP contribution is -2.34. The van der Waals surface area contributed by atoms with Crippen LogP contribution in [0.2, 0.25) is 0 Å². The highest BCUT2D eigenvalue weighted by Gasteiger charge is 2.19. The van der Waals surface area contributed by atoms with E-state index in [1.807, 2.05) is 25.1 Å². The molecule has 0 radical (unpaired) electrons. The molecule has 0 unspecified atom stereocenters. The second-order valence-corrected chi connectivity index (χ2v) is 6.62. The van der Waals surface area contributed by atoms with Crippen LogP contribution in [0.25, 0.3) is 0 Å². The van der Waals surface area contributed by atoms with E-state index in [9.17, 15) is 13.6 Å². The first-order valence-electron chi connectivity index (χ1n) is 8.94. The number of hydrogen-bond acceptors (Lipinski definition) is 3. The van der Waals surface area contributed by atoms with Gasteiger partial charge in [0.25, 0.3) is 0 Å². The van der Waals surface area contributed by atoms with Gasteiger partial charge in [-0.3, -0.25) is 0 Å². The topological polar surface area (TPSA) is 50.8 Å². The minimum absolute atomic E-state index is 0.103. The van der Waals surface area contributed by atoms with Gasteiger partial charge in [-0.25, -0.2) is 13.6 Å². The lowest BCUT2D eigenvalue weighted by atomic mass is 10.2. The molecule has 148 valence electrons. The van der Waals surface area contributed by atoms with E-state index in [0.29, 0.717) is 31.6 Å². The number of nitrogens with zero attached hydrogens (tertiary/aromatic N) is 1. The van der Waals surface area contributed by atoms with Gasteiger partial charge in [-0.05, 0) is 30.5 Å². The van der Waals surface area contributed by atoms with Crippen molar-refractivity contribution in [3.05, 3.63) is 65.2 Å². The third kappa shape index (κ3) is 4.86. The summed E-state index contributed by atoms with van der Waals surface area (Å²) in [6.45, 7) is 3.30. The molecule has 1 aliphatic rings. The number of aryl methyl sites for hydroxylation is 1. The van der Waals surface area contributed by atoms with E-state index < -0.39 is 17.7 Å². The van der Waals surface area contributed by atoms with Gasteiger partial charge in [0.05, 0.1) is 13.2 Å². The summed E-state index contributed by atoms with van der Waals surface area (Å²) in [4.78, 5) is 13.9. The van der Waals surface area contributed by atoms with Gasteiger partial charge in [-0.15, -0.1) is 0 Å². The second-order valence-electron chi connectivity index (χ2n) is 6.62. The molecule has 0 fully saturated rings. The maximum atomic E-state index is 14.4. The highest BCUT2D eigenvalue weighted by atomic mass is 19.1. The third-order valence-corrected chi connectivity index (χ3v) is 4.33. The van der Waals surface area contributed by atoms with Gasteiger partial charge >= 0.3 is 6.03 Å². The molecule has 7 heteroatoms. The van der Waals surface area contributed by atoms with E-state index in [1.165, 1.54) is 4.90 Å². The second kappa shape index (κ2) is 8.84. The van der Waals surface area contributed by atoms with E-state index in [1.54, 1.807) is 19.2 Å². The first-order valence-corrected chi connectivity index (χ1v) is 8.94. The van der Waals surface area contributed by atoms with Crippen molar-refractivity contribution in [2.24, 2.45) is 0 Å². The van der Waals surface area contributed by atoms with Gasteiger partial charge in [0.1, 0.15) is 17.3 Å². The number of ether oxygens (including phenoxy) is 2. The maximum Gasteiger partial charge on any atom is 0.322 e. The van der Waals surface area contributed by atoms with Crippen LogP contribution in [0, 0.1) is 18.6 Å². The molecule has 0 aromatic heterocycles. The lowest BCUT2D eigenvalue weighted by molar-refractivity contribution is 0.145. The van der Waals surface area contributed by atoms with Crippen molar-refractivity contribution in [1.29, 1.82) is 0 Å². The largest absolute Gasteiger partial charge is 0.455 e. The molecule has 0 bridgehead atoms. The fraction of sp³-hybridized carbons (Fsp3) is 0.286. The fourth-order valence-corrected chi connectivity index (χ4v) is 2.84. The monoisotopic (exact) mass is 388 g/mol. The van der Waals surface area contributed by atoms with E-state index in [4.69, 9.17) is 9.47 Å². The van der Waals surface area contributed by atoms with Crippen LogP contribution in [-0.4, -0.2) is 37.7 Å². The number of benzene rings is 2. The summed E-state index contributed by atoms with van der Waals surface area (Å²) in [6, 6.07) is 8.30. The van der Waals surface area contributed by atoms with Crippen molar-refractivity contribution in [2.75, 3.05) is 32.1 Å². The molecule has 0 aliphatic carbocycles. The van der Waals surface area contributed by atoms with Gasteiger partial charge in [0, 0.05) is 25.7 Å². The van der Waals surface area contributed by atoms with Gasteiger partial charge in [-0.1, -0.05) is 24.3 Å². The zero-order valence-corrected chi connectivity index (χ0v) is 15.8. The van der Waals surface area contributed by atoms with Gasteiger partial charge in [0.15, 0.2) is 11.6 Å². The molecule has 1 heterocycles. The minimum atomic E-state index is -0.912. The van der Waals surface area contributed by atoms with Crippen molar-refractivity contribution < 1.29 is 23.0 Å². The molecule has 1 aliphatic heterocycles. The number of para-hydroxylation sites is 1. The molecule has 5 nitrogen and oxygen atoms in total. The van der Waals surface area contributed by atoms with Crippen LogP contribution in [0.15, 0.2) is 48.0 Å². The zero-order valence-electron chi connectivity index (χ0n) is 15.8. The fourth-order valence-electron chi connectivity index (χ4n) is 2.84. The van der Waals surface area contributed by atoms with E-state index in [2.05, 4.69) is 5.32 Å². The number of halogens is 2. The number of likely N-dealkylation sites (N-methyl/N-ethyl adjacent to an activating group) is 1. The van der Waals surface area contributed by atoms with Crippen LogP contribution in [0.5, 0.6) is 11.5 Å². The Bertz CT molecular complexity index is 899. The van der Waals surface area contributed by atoms with Crippen LogP contribution in [-0.2, 0) is 4.74 Å². The number of carbonyl (C=O) groups is 1. The molecular formula is C21H22F2N2O3.